The SMILES string of the molecule is CN1C(=O)c2ccc(cc2)OC[C@@H]2C[C@@H](NC(=O)c3cccc(Cl)c3)CN2C(=O)CN(c2ccc(C(N)=O)cc2)C(=O)CC[C@H]1C(=O)N1CC(C(=O)O)(C(=O)O)C1. The highest BCUT2D eigenvalue weighted by Gasteiger charge is 2.58. The number of carboxylic acids is 2. The van der Waals surface area contributed by atoms with E-state index in [2.05, 4.69) is 5.32 Å². The zero-order chi connectivity index (χ0) is 41.2. The number of primary amides is 1. The fourth-order valence-corrected chi connectivity index (χ4v) is 7.37. The van der Waals surface area contributed by atoms with E-state index in [4.69, 9.17) is 22.1 Å². The number of nitrogens with zero attached hydrogens (tertiary/aromatic N) is 4. The number of carboxylic acid groups (broad SMARTS) is 2. The second-order valence-electron chi connectivity index (χ2n) is 14.2. The zero-order valence-electron chi connectivity index (χ0n) is 30.6. The van der Waals surface area contributed by atoms with Crippen molar-refractivity contribution < 1.29 is 53.3 Å². The number of fused-ring (bicyclic) bond motifs is 11. The van der Waals surface area contributed by atoms with Gasteiger partial charge in [-0.15, -0.1) is 0 Å². The van der Waals surface area contributed by atoms with Crippen LogP contribution in [0.2, 0.25) is 5.02 Å². The molecule has 57 heavy (non-hydrogen) atoms. The fraction of sp³-hybridized carbons (Fsp3) is 0.333. The second-order valence-corrected chi connectivity index (χ2v) is 14.6. The Morgan fingerprint density at radius 2 is 1.56 bits per heavy atom. The highest BCUT2D eigenvalue weighted by Crippen LogP contribution is 2.33. The summed E-state index contributed by atoms with van der Waals surface area (Å²) in [5, 5.41) is 22.6. The lowest BCUT2D eigenvalue weighted by Crippen LogP contribution is -2.68. The summed E-state index contributed by atoms with van der Waals surface area (Å²) >= 11 is 6.10. The van der Waals surface area contributed by atoms with Crippen LogP contribution in [0.1, 0.15) is 50.3 Å². The maximum absolute atomic E-state index is 14.3. The summed E-state index contributed by atoms with van der Waals surface area (Å²) < 4.78 is 6.07. The standard InChI is InChI=1S/C39H39ClN6O11/c1-43-30(36(52)44-20-39(21-44,37(53)54)38(55)56)13-14-31(47)46(27-9-5-22(6-10-27)33(41)49)18-32(48)45-17-26(42-34(50)24-3-2-4-25(40)15-24)16-28(45)19-57-29-11-7-23(8-12-29)35(43)51/h2-12,15,26,28,30H,13-14,16-21H2,1H3,(H2,41,49)(H,42,50)(H,53,54)(H,55,56)/t26-,28+,30+/m1/s1. The number of carbonyl (C=O) groups excluding carboxylic acids is 6. The summed E-state index contributed by atoms with van der Waals surface area (Å²) in [6.07, 6.45) is -0.399. The lowest BCUT2D eigenvalue weighted by molar-refractivity contribution is -0.181. The van der Waals surface area contributed by atoms with Crippen LogP contribution >= 0.6 is 11.6 Å². The first kappa shape index (κ1) is 40.2. The third-order valence-electron chi connectivity index (χ3n) is 10.5. The Morgan fingerprint density at radius 3 is 2.18 bits per heavy atom. The van der Waals surface area contributed by atoms with Gasteiger partial charge in [-0.05, 0) is 79.6 Å². The lowest BCUT2D eigenvalue weighted by atomic mass is 9.79. The minimum atomic E-state index is -2.22. The molecule has 2 fully saturated rings. The Hall–Kier alpha value is -6.49. The predicted molar refractivity (Wildman–Crippen MR) is 201 cm³/mol. The number of nitrogens with two attached hydrogens (primary N) is 1. The van der Waals surface area contributed by atoms with E-state index in [1.807, 2.05) is 0 Å². The lowest BCUT2D eigenvalue weighted by Gasteiger charge is -2.46. The van der Waals surface area contributed by atoms with E-state index in [-0.39, 0.29) is 36.4 Å². The molecule has 3 atom stereocenters. The number of likely N-dealkylation sites (tertiary alicyclic amines) is 1. The van der Waals surface area contributed by atoms with E-state index < -0.39 is 97.0 Å². The van der Waals surface area contributed by atoms with E-state index in [0.29, 0.717) is 22.8 Å². The van der Waals surface area contributed by atoms with Gasteiger partial charge in [-0.25, -0.2) is 0 Å². The number of benzene rings is 3. The number of likely N-dealkylation sites (N-methyl/N-ethyl adjacent to an activating group) is 1. The zero-order valence-corrected chi connectivity index (χ0v) is 31.4. The molecular weight excluding hydrogens is 764 g/mol. The van der Waals surface area contributed by atoms with Gasteiger partial charge in [-0.2, -0.15) is 0 Å². The summed E-state index contributed by atoms with van der Waals surface area (Å²) in [4.78, 5) is 110. The van der Waals surface area contributed by atoms with Crippen LogP contribution in [0.3, 0.4) is 0 Å². The van der Waals surface area contributed by atoms with Gasteiger partial charge in [-0.1, -0.05) is 17.7 Å². The molecule has 3 aromatic rings. The van der Waals surface area contributed by atoms with Gasteiger partial charge in [0.05, 0.1) is 6.04 Å². The van der Waals surface area contributed by atoms with Crippen LogP contribution < -0.4 is 20.7 Å². The summed E-state index contributed by atoms with van der Waals surface area (Å²) in [5.41, 5.74) is 4.05. The van der Waals surface area contributed by atoms with Gasteiger partial charge in [0.15, 0.2) is 5.41 Å². The molecule has 6 amide bonds. The first-order valence-corrected chi connectivity index (χ1v) is 18.3. The number of anilines is 1. The minimum absolute atomic E-state index is 0.00961. The molecule has 4 aliphatic heterocycles. The number of amides is 6. The summed E-state index contributed by atoms with van der Waals surface area (Å²) in [5.74, 6) is -6.54. The van der Waals surface area contributed by atoms with E-state index in [1.165, 1.54) is 59.3 Å². The molecule has 17 nitrogen and oxygen atoms in total. The maximum Gasteiger partial charge on any atom is 0.324 e. The molecule has 5 N–H and O–H groups in total. The monoisotopic (exact) mass is 802 g/mol. The third-order valence-corrected chi connectivity index (χ3v) is 10.8. The average molecular weight is 803 g/mol. The largest absolute Gasteiger partial charge is 0.491 e. The van der Waals surface area contributed by atoms with E-state index in [0.717, 1.165) is 9.80 Å². The number of hydrogen-bond acceptors (Lipinski definition) is 9. The molecule has 4 heterocycles. The van der Waals surface area contributed by atoms with Crippen LogP contribution in [0.25, 0.3) is 0 Å². The van der Waals surface area contributed by atoms with Crippen LogP contribution in [0.5, 0.6) is 5.75 Å². The topological polar surface area (TPSA) is 237 Å². The van der Waals surface area contributed by atoms with Crippen LogP contribution in [-0.4, -0.2) is 130 Å². The van der Waals surface area contributed by atoms with Crippen LogP contribution in [0.15, 0.2) is 72.8 Å². The molecule has 7 rings (SSSR count). The maximum atomic E-state index is 14.3. The number of carbonyl (C=O) groups is 8. The summed E-state index contributed by atoms with van der Waals surface area (Å²) in [6.45, 7) is -1.75. The van der Waals surface area contributed by atoms with E-state index >= 15 is 0 Å². The van der Waals surface area contributed by atoms with Crippen molar-refractivity contribution in [3.8, 4) is 5.75 Å². The van der Waals surface area contributed by atoms with Crippen molar-refractivity contribution in [3.05, 3.63) is 94.5 Å². The molecule has 3 aromatic carbocycles. The number of aliphatic carboxylic acids is 2. The fourth-order valence-electron chi connectivity index (χ4n) is 7.18. The molecule has 2 bridgehead atoms. The van der Waals surface area contributed by atoms with Crippen molar-refractivity contribution >= 4 is 64.7 Å². The Kier molecular flexibility index (Phi) is 11.5. The van der Waals surface area contributed by atoms with Crippen LogP contribution in [0, 0.1) is 5.41 Å². The number of rotatable bonds is 7. The number of nitrogens with one attached hydrogen (secondary N) is 1. The molecule has 0 aliphatic carbocycles. The van der Waals surface area contributed by atoms with E-state index in [9.17, 15) is 48.6 Å². The van der Waals surface area contributed by atoms with Gasteiger partial charge in [-0.3, -0.25) is 38.4 Å². The second kappa shape index (κ2) is 16.3. The van der Waals surface area contributed by atoms with Crippen molar-refractivity contribution in [3.63, 3.8) is 0 Å². The Labute approximate surface area is 330 Å². The van der Waals surface area contributed by atoms with Crippen molar-refractivity contribution in [2.75, 3.05) is 44.7 Å². The number of hydrogen-bond donors (Lipinski definition) is 4. The first-order valence-electron chi connectivity index (χ1n) is 17.9. The Bertz CT molecular complexity index is 2110. The molecule has 2 saturated heterocycles. The molecule has 18 heteroatoms. The van der Waals surface area contributed by atoms with Crippen molar-refractivity contribution in [1.82, 2.24) is 20.0 Å². The molecule has 0 aromatic heterocycles. The summed E-state index contributed by atoms with van der Waals surface area (Å²) in [7, 11) is 1.34. The predicted octanol–water partition coefficient (Wildman–Crippen LogP) is 1.48. The van der Waals surface area contributed by atoms with E-state index in [1.54, 1.807) is 30.3 Å². The van der Waals surface area contributed by atoms with Gasteiger partial charge in [0.2, 0.25) is 23.6 Å². The quantitative estimate of drug-likeness (QED) is 0.250. The first-order chi connectivity index (χ1) is 27.1. The molecule has 0 saturated carbocycles. The highest BCUT2D eigenvalue weighted by molar-refractivity contribution is 6.31. The van der Waals surface area contributed by atoms with Gasteiger partial charge >= 0.3 is 11.9 Å². The molecule has 4 aliphatic rings. The summed E-state index contributed by atoms with van der Waals surface area (Å²) in [6, 6.07) is 15.6. The normalized spacial score (nSPS) is 21.2. The highest BCUT2D eigenvalue weighted by atomic mass is 35.5. The molecule has 0 spiro atoms. The van der Waals surface area contributed by atoms with Crippen molar-refractivity contribution in [1.29, 1.82) is 0 Å². The molecule has 0 radical (unpaired) electrons. The minimum Gasteiger partial charge on any atom is -0.491 e. The smallest absolute Gasteiger partial charge is 0.324 e. The van der Waals surface area contributed by atoms with Crippen molar-refractivity contribution in [2.45, 2.75) is 37.4 Å². The van der Waals surface area contributed by atoms with Crippen molar-refractivity contribution in [2.24, 2.45) is 11.1 Å². The number of halogens is 1. The van der Waals surface area contributed by atoms with Gasteiger partial charge in [0.25, 0.3) is 11.8 Å². The Balaban J connectivity index is 1.32. The molecule has 298 valence electrons. The van der Waals surface area contributed by atoms with Gasteiger partial charge in [0, 0.05) is 66.5 Å². The third kappa shape index (κ3) is 8.38. The van der Waals surface area contributed by atoms with Crippen LogP contribution in [-0.2, 0) is 24.0 Å². The van der Waals surface area contributed by atoms with Gasteiger partial charge < -0.3 is 45.6 Å². The molecule has 0 unspecified atom stereocenters. The average Bonchev–Trinajstić information content (AvgIpc) is 3.57. The molecular formula is C39H39ClN6O11. The Morgan fingerprint density at radius 1 is 0.895 bits per heavy atom. The number of ether oxygens (including phenoxy) is 1. The van der Waals surface area contributed by atoms with Crippen LogP contribution in [0.4, 0.5) is 5.69 Å². The van der Waals surface area contributed by atoms with Gasteiger partial charge in [0.1, 0.15) is 24.9 Å².